The molecule has 19 heavy (non-hydrogen) atoms. The fourth-order valence-electron chi connectivity index (χ4n) is 3.28. The molecule has 0 radical (unpaired) electrons. The molecule has 1 saturated heterocycles. The molecular weight excluding hydrogens is 238 g/mol. The van der Waals surface area contributed by atoms with Crippen molar-refractivity contribution in [1.82, 2.24) is 10.2 Å². The van der Waals surface area contributed by atoms with E-state index < -0.39 is 0 Å². The molecule has 0 unspecified atom stereocenters. The van der Waals surface area contributed by atoms with Crippen LogP contribution in [-0.2, 0) is 12.8 Å². The van der Waals surface area contributed by atoms with Gasteiger partial charge in [-0.05, 0) is 36.8 Å². The highest BCUT2D eigenvalue weighted by atomic mass is 16.2. The number of hydrogen-bond donors (Lipinski definition) is 2. The minimum atomic E-state index is -0.285. The summed E-state index contributed by atoms with van der Waals surface area (Å²) < 4.78 is 0. The molecule has 1 aliphatic heterocycles. The van der Waals surface area contributed by atoms with E-state index in [1.54, 1.807) is 4.90 Å². The summed E-state index contributed by atoms with van der Waals surface area (Å²) in [6, 6.07) is 9.49. The van der Waals surface area contributed by atoms with Crippen molar-refractivity contribution < 1.29 is 4.79 Å². The molecule has 4 nitrogen and oxygen atoms in total. The first-order chi connectivity index (χ1) is 9.22. The number of likely N-dealkylation sites (tertiary alicyclic amines) is 1. The van der Waals surface area contributed by atoms with E-state index in [-0.39, 0.29) is 6.03 Å². The van der Waals surface area contributed by atoms with Crippen molar-refractivity contribution in [3.8, 4) is 0 Å². The lowest BCUT2D eigenvalue weighted by molar-refractivity contribution is 0.182. The van der Waals surface area contributed by atoms with Gasteiger partial charge in [0.05, 0.1) is 0 Å². The summed E-state index contributed by atoms with van der Waals surface area (Å²) in [7, 11) is 0. The van der Waals surface area contributed by atoms with E-state index in [9.17, 15) is 4.79 Å². The zero-order chi connectivity index (χ0) is 13.2. The first kappa shape index (κ1) is 12.5. The number of nitrogens with two attached hydrogens (primary N) is 1. The van der Waals surface area contributed by atoms with Crippen molar-refractivity contribution in [3.63, 3.8) is 0 Å². The molecule has 1 fully saturated rings. The highest BCUT2D eigenvalue weighted by molar-refractivity contribution is 5.72. The number of carbonyl (C=O) groups excluding carboxylic acids is 1. The van der Waals surface area contributed by atoms with Crippen molar-refractivity contribution in [1.29, 1.82) is 0 Å². The number of nitrogens with one attached hydrogen (secondary N) is 1. The Morgan fingerprint density at radius 3 is 2.21 bits per heavy atom. The number of primary amides is 1. The third-order valence-corrected chi connectivity index (χ3v) is 4.33. The Kier molecular flexibility index (Phi) is 3.42. The van der Waals surface area contributed by atoms with Crippen molar-refractivity contribution in [3.05, 3.63) is 35.4 Å². The van der Waals surface area contributed by atoms with Crippen molar-refractivity contribution in [2.75, 3.05) is 13.1 Å². The molecule has 0 atom stereocenters. The van der Waals surface area contributed by atoms with Crippen LogP contribution in [0.5, 0.6) is 0 Å². The second-order valence-corrected chi connectivity index (χ2v) is 5.64. The van der Waals surface area contributed by atoms with E-state index >= 15 is 0 Å². The van der Waals surface area contributed by atoms with Gasteiger partial charge in [-0.15, -0.1) is 0 Å². The molecule has 0 spiro atoms. The third kappa shape index (κ3) is 2.73. The van der Waals surface area contributed by atoms with Crippen LogP contribution in [0.25, 0.3) is 0 Å². The molecule has 3 rings (SSSR count). The summed E-state index contributed by atoms with van der Waals surface area (Å²) in [5.41, 5.74) is 8.26. The summed E-state index contributed by atoms with van der Waals surface area (Å²) in [5, 5.41) is 3.75. The standard InChI is InChI=1S/C15H21N3O/c16-15(19)18-7-5-13(6-8-18)17-14-9-11-3-1-2-4-12(11)10-14/h1-4,13-14,17H,5-10H2,(H2,16,19). The molecular formula is C15H21N3O. The van der Waals surface area contributed by atoms with Crippen LogP contribution >= 0.6 is 0 Å². The Morgan fingerprint density at radius 2 is 1.68 bits per heavy atom. The SMILES string of the molecule is NC(=O)N1CCC(NC2Cc3ccccc3C2)CC1. The molecule has 0 saturated carbocycles. The summed E-state index contributed by atoms with van der Waals surface area (Å²) >= 11 is 0. The van der Waals surface area contributed by atoms with Gasteiger partial charge in [-0.2, -0.15) is 0 Å². The van der Waals surface area contributed by atoms with Crippen LogP contribution in [-0.4, -0.2) is 36.1 Å². The van der Waals surface area contributed by atoms with Crippen LogP contribution in [0.1, 0.15) is 24.0 Å². The first-order valence-corrected chi connectivity index (χ1v) is 7.09. The first-order valence-electron chi connectivity index (χ1n) is 7.09. The third-order valence-electron chi connectivity index (χ3n) is 4.33. The van der Waals surface area contributed by atoms with Crippen molar-refractivity contribution in [2.45, 2.75) is 37.8 Å². The van der Waals surface area contributed by atoms with E-state index in [1.807, 2.05) is 0 Å². The largest absolute Gasteiger partial charge is 0.351 e. The number of benzene rings is 1. The van der Waals surface area contributed by atoms with Gasteiger partial charge in [0.25, 0.3) is 0 Å². The Bertz CT molecular complexity index is 441. The van der Waals surface area contributed by atoms with Crippen LogP contribution in [0.4, 0.5) is 4.79 Å². The van der Waals surface area contributed by atoms with Gasteiger partial charge in [-0.25, -0.2) is 4.79 Å². The number of rotatable bonds is 2. The monoisotopic (exact) mass is 259 g/mol. The van der Waals surface area contributed by atoms with E-state index in [2.05, 4.69) is 29.6 Å². The Morgan fingerprint density at radius 1 is 1.11 bits per heavy atom. The quantitative estimate of drug-likeness (QED) is 0.840. The fraction of sp³-hybridized carbons (Fsp3) is 0.533. The van der Waals surface area contributed by atoms with E-state index in [4.69, 9.17) is 5.73 Å². The molecule has 2 amide bonds. The number of amides is 2. The van der Waals surface area contributed by atoms with Gasteiger partial charge in [0.15, 0.2) is 0 Å². The Hall–Kier alpha value is -1.55. The molecule has 102 valence electrons. The highest BCUT2D eigenvalue weighted by Gasteiger charge is 2.26. The number of piperidine rings is 1. The minimum absolute atomic E-state index is 0.285. The summed E-state index contributed by atoms with van der Waals surface area (Å²) in [6.45, 7) is 1.57. The van der Waals surface area contributed by atoms with Crippen LogP contribution in [0.3, 0.4) is 0 Å². The van der Waals surface area contributed by atoms with Crippen molar-refractivity contribution in [2.24, 2.45) is 5.73 Å². The molecule has 1 aromatic carbocycles. The number of urea groups is 1. The maximum Gasteiger partial charge on any atom is 0.314 e. The fourth-order valence-corrected chi connectivity index (χ4v) is 3.28. The smallest absolute Gasteiger partial charge is 0.314 e. The predicted octanol–water partition coefficient (Wildman–Crippen LogP) is 1.29. The predicted molar refractivity (Wildman–Crippen MR) is 75.0 cm³/mol. The van der Waals surface area contributed by atoms with Gasteiger partial charge >= 0.3 is 6.03 Å². The number of fused-ring (bicyclic) bond motifs is 1. The van der Waals surface area contributed by atoms with Gasteiger partial charge in [-0.1, -0.05) is 24.3 Å². The van der Waals surface area contributed by atoms with Gasteiger partial charge in [0, 0.05) is 25.2 Å². The molecule has 4 heteroatoms. The molecule has 0 bridgehead atoms. The van der Waals surface area contributed by atoms with E-state index in [1.165, 1.54) is 11.1 Å². The molecule has 3 N–H and O–H groups in total. The molecule has 1 aliphatic carbocycles. The molecule has 0 aromatic heterocycles. The van der Waals surface area contributed by atoms with Crippen molar-refractivity contribution >= 4 is 6.03 Å². The topological polar surface area (TPSA) is 58.4 Å². The van der Waals surface area contributed by atoms with Gasteiger partial charge in [0.1, 0.15) is 0 Å². The number of carbonyl (C=O) groups is 1. The molecule has 1 heterocycles. The summed E-state index contributed by atoms with van der Waals surface area (Å²) in [5.74, 6) is 0. The average Bonchev–Trinajstić information content (AvgIpc) is 2.81. The van der Waals surface area contributed by atoms with Crippen LogP contribution < -0.4 is 11.1 Å². The lowest BCUT2D eigenvalue weighted by Gasteiger charge is -2.32. The maximum absolute atomic E-state index is 11.1. The Labute approximate surface area is 114 Å². The second-order valence-electron chi connectivity index (χ2n) is 5.64. The highest BCUT2D eigenvalue weighted by Crippen LogP contribution is 2.23. The lowest BCUT2D eigenvalue weighted by Crippen LogP contribution is -2.49. The molecule has 2 aliphatic rings. The zero-order valence-electron chi connectivity index (χ0n) is 11.1. The minimum Gasteiger partial charge on any atom is -0.351 e. The van der Waals surface area contributed by atoms with Gasteiger partial charge < -0.3 is 16.0 Å². The number of nitrogens with zero attached hydrogens (tertiary/aromatic N) is 1. The summed E-state index contributed by atoms with van der Waals surface area (Å²) in [4.78, 5) is 12.8. The maximum atomic E-state index is 11.1. The second kappa shape index (κ2) is 5.21. The Balaban J connectivity index is 1.51. The molecule has 1 aromatic rings. The van der Waals surface area contributed by atoms with Crippen LogP contribution in [0.15, 0.2) is 24.3 Å². The van der Waals surface area contributed by atoms with Gasteiger partial charge in [0.2, 0.25) is 0 Å². The van der Waals surface area contributed by atoms with Gasteiger partial charge in [-0.3, -0.25) is 0 Å². The van der Waals surface area contributed by atoms with Crippen LogP contribution in [0.2, 0.25) is 0 Å². The normalized spacial score (nSPS) is 20.5. The van der Waals surface area contributed by atoms with E-state index in [0.717, 1.165) is 38.8 Å². The van der Waals surface area contributed by atoms with E-state index in [0.29, 0.717) is 12.1 Å². The lowest BCUT2D eigenvalue weighted by atomic mass is 10.0. The van der Waals surface area contributed by atoms with Crippen LogP contribution in [0, 0.1) is 0 Å². The zero-order valence-corrected chi connectivity index (χ0v) is 11.1. The summed E-state index contributed by atoms with van der Waals surface area (Å²) in [6.07, 6.45) is 4.28. The number of hydrogen-bond acceptors (Lipinski definition) is 2. The average molecular weight is 259 g/mol.